The fourth-order valence-corrected chi connectivity index (χ4v) is 2.98. The number of hydrogen-bond donors (Lipinski definition) is 0. The second kappa shape index (κ2) is 6.24. The first-order valence-electron chi connectivity index (χ1n) is 6.08. The Bertz CT molecular complexity index is 655. The lowest BCUT2D eigenvalue weighted by atomic mass is 10.1. The maximum Gasteiger partial charge on any atom is 0.326 e. The zero-order chi connectivity index (χ0) is 16.8. The van der Waals surface area contributed by atoms with Gasteiger partial charge in [0, 0.05) is 0 Å². The summed E-state index contributed by atoms with van der Waals surface area (Å²) in [5.74, 6) is -2.27. The maximum atomic E-state index is 12.3. The van der Waals surface area contributed by atoms with E-state index in [-0.39, 0.29) is 37.3 Å². The number of benzene rings is 1. The molecule has 1 aliphatic rings. The highest BCUT2D eigenvalue weighted by Crippen LogP contribution is 2.44. The van der Waals surface area contributed by atoms with E-state index in [1.165, 1.54) is 0 Å². The topological polar surface area (TPSA) is 63.7 Å². The zero-order valence-corrected chi connectivity index (χ0v) is 14.4. The lowest BCUT2D eigenvalue weighted by Crippen LogP contribution is -2.36. The number of imide groups is 1. The summed E-state index contributed by atoms with van der Waals surface area (Å²) in [5, 5.41) is -0.604. The number of nitrogens with zero attached hydrogens (tertiary/aromatic N) is 1. The van der Waals surface area contributed by atoms with Crippen molar-refractivity contribution in [2.75, 3.05) is 6.54 Å². The van der Waals surface area contributed by atoms with Crippen molar-refractivity contribution in [1.82, 2.24) is 4.90 Å². The first-order valence-corrected chi connectivity index (χ1v) is 7.59. The molecule has 1 aliphatic heterocycles. The van der Waals surface area contributed by atoms with Gasteiger partial charge in [-0.1, -0.05) is 46.4 Å². The highest BCUT2D eigenvalue weighted by molar-refractivity contribution is 6.55. The summed E-state index contributed by atoms with van der Waals surface area (Å²) in [5.41, 5.74) is -0.327. The van der Waals surface area contributed by atoms with E-state index in [4.69, 9.17) is 51.1 Å². The van der Waals surface area contributed by atoms with E-state index in [9.17, 15) is 14.4 Å². The van der Waals surface area contributed by atoms with Crippen LogP contribution < -0.4 is 0 Å². The van der Waals surface area contributed by atoms with Gasteiger partial charge in [-0.15, -0.1) is 0 Å². The molecule has 9 heteroatoms. The fourth-order valence-electron chi connectivity index (χ4n) is 1.97. The number of hydrogen-bond acceptors (Lipinski definition) is 4. The van der Waals surface area contributed by atoms with E-state index in [1.807, 2.05) is 0 Å². The third-order valence-electron chi connectivity index (χ3n) is 2.84. The molecular weight excluding hydrogens is 376 g/mol. The average Bonchev–Trinajstić information content (AvgIpc) is 2.66. The van der Waals surface area contributed by atoms with Crippen molar-refractivity contribution in [2.24, 2.45) is 0 Å². The van der Waals surface area contributed by atoms with E-state index < -0.39 is 24.3 Å². The molecule has 5 nitrogen and oxygen atoms in total. The van der Waals surface area contributed by atoms with E-state index in [0.29, 0.717) is 4.90 Å². The Morgan fingerprint density at radius 3 is 1.73 bits per heavy atom. The van der Waals surface area contributed by atoms with Crippen LogP contribution in [0.2, 0.25) is 20.1 Å². The van der Waals surface area contributed by atoms with Crippen LogP contribution in [-0.4, -0.2) is 35.3 Å². The Labute approximate surface area is 146 Å². The molecule has 0 unspecified atom stereocenters. The number of halogens is 4. The molecule has 0 fully saturated rings. The zero-order valence-electron chi connectivity index (χ0n) is 11.4. The number of rotatable bonds is 3. The summed E-state index contributed by atoms with van der Waals surface area (Å²) in [6.07, 6.45) is -0.376. The molecule has 1 aromatic carbocycles. The molecule has 0 spiro atoms. The smallest absolute Gasteiger partial charge is 0.326 e. The van der Waals surface area contributed by atoms with Crippen molar-refractivity contribution in [3.63, 3.8) is 0 Å². The summed E-state index contributed by atoms with van der Waals surface area (Å²) in [6.45, 7) is 2.74. The van der Waals surface area contributed by atoms with E-state index >= 15 is 0 Å². The van der Waals surface area contributed by atoms with Gasteiger partial charge in [0.25, 0.3) is 11.8 Å². The van der Waals surface area contributed by atoms with Gasteiger partial charge in [-0.05, 0) is 13.8 Å². The fraction of sp³-hybridized carbons (Fsp3) is 0.308. The average molecular weight is 385 g/mol. The monoisotopic (exact) mass is 383 g/mol. The molecule has 0 saturated carbocycles. The minimum Gasteiger partial charge on any atom is -0.462 e. The van der Waals surface area contributed by atoms with Crippen LogP contribution in [0.5, 0.6) is 0 Å². The SMILES string of the molecule is CC(C)OC(=O)CN1C(=O)c2c(Cl)c(Cl)c(Cl)c(Cl)c2C1=O. The van der Waals surface area contributed by atoms with Gasteiger partial charge in [0.1, 0.15) is 6.54 Å². The normalized spacial score (nSPS) is 13.9. The Kier molecular flexibility index (Phi) is 4.92. The van der Waals surface area contributed by atoms with Crippen LogP contribution in [0.15, 0.2) is 0 Å². The number of ether oxygens (including phenoxy) is 1. The van der Waals surface area contributed by atoms with Crippen LogP contribution in [-0.2, 0) is 9.53 Å². The maximum absolute atomic E-state index is 12.3. The number of fused-ring (bicyclic) bond motifs is 1. The Hall–Kier alpha value is -1.01. The van der Waals surface area contributed by atoms with Gasteiger partial charge in [0.2, 0.25) is 0 Å². The second-order valence-electron chi connectivity index (χ2n) is 4.74. The molecule has 22 heavy (non-hydrogen) atoms. The van der Waals surface area contributed by atoms with Gasteiger partial charge >= 0.3 is 5.97 Å². The standard InChI is InChI=1S/C13H9Cl4NO4/c1-4(2)22-5(19)3-18-12(20)6-7(13(18)21)9(15)11(17)10(16)8(6)14/h4H,3H2,1-2H3. The molecule has 1 aromatic rings. The van der Waals surface area contributed by atoms with Crippen molar-refractivity contribution < 1.29 is 19.1 Å². The molecule has 0 aromatic heterocycles. The largest absolute Gasteiger partial charge is 0.462 e. The van der Waals surface area contributed by atoms with Crippen molar-refractivity contribution in [3.8, 4) is 0 Å². The number of esters is 1. The van der Waals surface area contributed by atoms with Crippen LogP contribution in [0, 0.1) is 0 Å². The lowest BCUT2D eigenvalue weighted by Gasteiger charge is -2.14. The second-order valence-corrected chi connectivity index (χ2v) is 6.25. The summed E-state index contributed by atoms with van der Waals surface area (Å²) >= 11 is 23.7. The van der Waals surface area contributed by atoms with Crippen LogP contribution >= 0.6 is 46.4 Å². The van der Waals surface area contributed by atoms with Crippen LogP contribution in [0.4, 0.5) is 0 Å². The first-order chi connectivity index (χ1) is 10.2. The van der Waals surface area contributed by atoms with E-state index in [0.717, 1.165) is 0 Å². The summed E-state index contributed by atoms with van der Waals surface area (Å²) in [7, 11) is 0. The molecule has 0 aliphatic carbocycles. The molecule has 1 heterocycles. The van der Waals surface area contributed by atoms with E-state index in [1.54, 1.807) is 13.8 Å². The molecule has 2 rings (SSSR count). The predicted octanol–water partition coefficient (Wildman–Crippen LogP) is 3.85. The summed E-state index contributed by atoms with van der Waals surface area (Å²) in [6, 6.07) is 0. The van der Waals surface area contributed by atoms with Crippen molar-refractivity contribution in [1.29, 1.82) is 0 Å². The predicted molar refractivity (Wildman–Crippen MR) is 83.1 cm³/mol. The van der Waals surface area contributed by atoms with Gasteiger partial charge < -0.3 is 4.74 Å². The molecule has 0 bridgehead atoms. The van der Waals surface area contributed by atoms with Crippen molar-refractivity contribution >= 4 is 64.2 Å². The first kappa shape index (κ1) is 17.3. The van der Waals surface area contributed by atoms with Gasteiger partial charge in [0.05, 0.1) is 37.3 Å². The summed E-state index contributed by atoms with van der Waals surface area (Å²) < 4.78 is 4.91. The summed E-state index contributed by atoms with van der Waals surface area (Å²) in [4.78, 5) is 37.0. The number of amides is 2. The molecule has 2 amide bonds. The molecule has 0 saturated heterocycles. The van der Waals surface area contributed by atoms with Crippen LogP contribution in [0.25, 0.3) is 0 Å². The Morgan fingerprint density at radius 1 is 0.955 bits per heavy atom. The van der Waals surface area contributed by atoms with Gasteiger partial charge in [-0.2, -0.15) is 0 Å². The lowest BCUT2D eigenvalue weighted by molar-refractivity contribution is -0.147. The van der Waals surface area contributed by atoms with Gasteiger partial charge in [-0.3, -0.25) is 19.3 Å². The van der Waals surface area contributed by atoms with E-state index in [2.05, 4.69) is 0 Å². The minimum absolute atomic E-state index is 0.125. The highest BCUT2D eigenvalue weighted by atomic mass is 35.5. The molecule has 118 valence electrons. The molecule has 0 radical (unpaired) electrons. The highest BCUT2D eigenvalue weighted by Gasteiger charge is 2.42. The quantitative estimate of drug-likeness (QED) is 0.343. The Morgan fingerprint density at radius 2 is 1.36 bits per heavy atom. The minimum atomic E-state index is -0.772. The third kappa shape index (κ3) is 2.78. The van der Waals surface area contributed by atoms with Crippen molar-refractivity contribution in [3.05, 3.63) is 31.2 Å². The van der Waals surface area contributed by atoms with Gasteiger partial charge in [-0.25, -0.2) is 0 Å². The number of carbonyl (C=O) groups excluding carboxylic acids is 3. The van der Waals surface area contributed by atoms with Crippen molar-refractivity contribution in [2.45, 2.75) is 20.0 Å². The number of carbonyl (C=O) groups is 3. The molecule has 0 N–H and O–H groups in total. The Balaban J connectivity index is 2.44. The third-order valence-corrected chi connectivity index (χ3v) is 4.64. The molecular formula is C13H9Cl4NO4. The van der Waals surface area contributed by atoms with Crippen LogP contribution in [0.3, 0.4) is 0 Å². The van der Waals surface area contributed by atoms with Crippen LogP contribution in [0.1, 0.15) is 34.6 Å². The molecule has 0 atom stereocenters. The van der Waals surface area contributed by atoms with Gasteiger partial charge in [0.15, 0.2) is 0 Å².